The monoisotopic (exact) mass is 122 g/mol. The van der Waals surface area contributed by atoms with Crippen LogP contribution in [-0.4, -0.2) is 28.9 Å². The molecule has 0 aliphatic rings. The normalized spacial score (nSPS) is 10.5. The molecule has 0 spiro atoms. The van der Waals surface area contributed by atoms with Crippen molar-refractivity contribution in [2.45, 2.75) is 13.8 Å². The molecule has 0 atom stereocenters. The lowest BCUT2D eigenvalue weighted by Gasteiger charge is -2.16. The van der Waals surface area contributed by atoms with E-state index in [0.29, 0.717) is 0 Å². The fourth-order valence-corrected chi connectivity index (χ4v) is 0.0500. The highest BCUT2D eigenvalue weighted by molar-refractivity contribution is 4.62. The van der Waals surface area contributed by atoms with Crippen molar-refractivity contribution in [3.05, 3.63) is 0 Å². The van der Waals surface area contributed by atoms with E-state index in [1.807, 2.05) is 0 Å². The van der Waals surface area contributed by atoms with E-state index in [1.54, 1.807) is 13.8 Å². The average molecular weight is 122 g/mol. The van der Waals surface area contributed by atoms with Crippen LogP contribution in [-0.2, 0) is 0 Å². The molecule has 0 aromatic carbocycles. The van der Waals surface area contributed by atoms with E-state index >= 15 is 0 Å². The van der Waals surface area contributed by atoms with Gasteiger partial charge in [-0.05, 0) is 0 Å². The quantitative estimate of drug-likeness (QED) is 0.502. The molecule has 0 aromatic heterocycles. The van der Waals surface area contributed by atoms with Crippen LogP contribution >= 0.6 is 0 Å². The molecule has 8 heavy (non-hydrogen) atoms. The van der Waals surface area contributed by atoms with Crippen LogP contribution in [0, 0.1) is 5.41 Å². The summed E-state index contributed by atoms with van der Waals surface area (Å²) in [6.45, 7) is 3.69. The predicted octanol–water partition coefficient (Wildman–Crippen LogP) is -0.828. The molecule has 0 saturated heterocycles. The van der Waals surface area contributed by atoms with E-state index in [4.69, 9.17) is 10.2 Å². The maximum atomic E-state index is 8.43. The van der Waals surface area contributed by atoms with E-state index in [2.05, 4.69) is 0 Å². The van der Waals surface area contributed by atoms with Crippen molar-refractivity contribution >= 4 is 0 Å². The van der Waals surface area contributed by atoms with Gasteiger partial charge in [-0.1, -0.05) is 13.8 Å². The number of rotatable bonds is 2. The van der Waals surface area contributed by atoms with Crippen molar-refractivity contribution in [3.8, 4) is 0 Å². The summed E-state index contributed by atoms with van der Waals surface area (Å²) in [7, 11) is 0. The third kappa shape index (κ3) is 4.05. The first kappa shape index (κ1) is 10.8. The van der Waals surface area contributed by atoms with Crippen LogP contribution in [0.4, 0.5) is 0 Å². The lowest BCUT2D eigenvalue weighted by molar-refractivity contribution is 0.0857. The minimum Gasteiger partial charge on any atom is -0.412 e. The van der Waals surface area contributed by atoms with Crippen molar-refractivity contribution in [2.24, 2.45) is 5.41 Å². The zero-order valence-corrected chi connectivity index (χ0v) is 5.31. The Kier molecular flexibility index (Phi) is 5.17. The lowest BCUT2D eigenvalue weighted by Crippen LogP contribution is -2.20. The fourth-order valence-electron chi connectivity index (χ4n) is 0.0500. The first-order valence-corrected chi connectivity index (χ1v) is 2.34. The van der Waals surface area contributed by atoms with Crippen molar-refractivity contribution in [1.29, 1.82) is 0 Å². The number of hydrogen-bond donors (Lipinski definition) is 2. The highest BCUT2D eigenvalue weighted by atomic mass is 16.3. The van der Waals surface area contributed by atoms with Gasteiger partial charge in [-0.2, -0.15) is 0 Å². The minimum atomic E-state index is -0.306. The first-order valence-electron chi connectivity index (χ1n) is 2.34. The molecule has 0 aromatic rings. The van der Waals surface area contributed by atoms with E-state index in [-0.39, 0.29) is 24.1 Å². The second-order valence-corrected chi connectivity index (χ2v) is 2.48. The molecule has 3 nitrogen and oxygen atoms in total. The molecule has 3 heteroatoms. The fraction of sp³-hybridized carbons (Fsp3) is 1.00. The van der Waals surface area contributed by atoms with Crippen LogP contribution in [0.25, 0.3) is 0 Å². The largest absolute Gasteiger partial charge is 0.412 e. The topological polar surface area (TPSA) is 72.0 Å². The maximum Gasteiger partial charge on any atom is 0.0504 e. The molecule has 0 radical (unpaired) electrons. The zero-order chi connectivity index (χ0) is 5.91. The van der Waals surface area contributed by atoms with Gasteiger partial charge in [0.15, 0.2) is 0 Å². The SMILES string of the molecule is CC(C)(CO)CO.O. The van der Waals surface area contributed by atoms with Gasteiger partial charge in [-0.25, -0.2) is 0 Å². The van der Waals surface area contributed by atoms with Gasteiger partial charge in [0.2, 0.25) is 0 Å². The minimum absolute atomic E-state index is 0. The van der Waals surface area contributed by atoms with Crippen LogP contribution in [0.3, 0.4) is 0 Å². The van der Waals surface area contributed by atoms with Gasteiger partial charge in [-0.15, -0.1) is 0 Å². The van der Waals surface area contributed by atoms with E-state index < -0.39 is 0 Å². The van der Waals surface area contributed by atoms with Gasteiger partial charge in [0.25, 0.3) is 0 Å². The van der Waals surface area contributed by atoms with Crippen molar-refractivity contribution in [1.82, 2.24) is 0 Å². The molecule has 4 N–H and O–H groups in total. The van der Waals surface area contributed by atoms with Crippen LogP contribution < -0.4 is 0 Å². The van der Waals surface area contributed by atoms with Gasteiger partial charge in [0.05, 0.1) is 13.2 Å². The maximum absolute atomic E-state index is 8.43. The second-order valence-electron chi connectivity index (χ2n) is 2.48. The average Bonchev–Trinajstić information content (AvgIpc) is 1.68. The van der Waals surface area contributed by atoms with Crippen LogP contribution in [0.15, 0.2) is 0 Å². The summed E-state index contributed by atoms with van der Waals surface area (Å²) in [5, 5.41) is 16.9. The van der Waals surface area contributed by atoms with E-state index in [9.17, 15) is 0 Å². The molecule has 0 bridgehead atoms. The van der Waals surface area contributed by atoms with Crippen molar-refractivity contribution in [3.63, 3.8) is 0 Å². The molecule has 0 aliphatic carbocycles. The highest BCUT2D eigenvalue weighted by Gasteiger charge is 2.13. The number of aliphatic hydroxyl groups is 2. The molecular weight excluding hydrogens is 108 g/mol. The van der Waals surface area contributed by atoms with E-state index in [0.717, 1.165) is 0 Å². The molecule has 0 unspecified atom stereocenters. The highest BCUT2D eigenvalue weighted by Crippen LogP contribution is 2.10. The summed E-state index contributed by atoms with van der Waals surface area (Å²) in [6, 6.07) is 0. The van der Waals surface area contributed by atoms with Gasteiger partial charge in [0, 0.05) is 5.41 Å². The van der Waals surface area contributed by atoms with Crippen molar-refractivity contribution < 1.29 is 15.7 Å². The molecule has 0 saturated carbocycles. The van der Waals surface area contributed by atoms with Crippen LogP contribution in [0.1, 0.15) is 13.8 Å². The number of aliphatic hydroxyl groups excluding tert-OH is 2. The van der Waals surface area contributed by atoms with Gasteiger partial charge in [0.1, 0.15) is 0 Å². The summed E-state index contributed by atoms with van der Waals surface area (Å²) in [6.07, 6.45) is 0. The number of hydrogen-bond acceptors (Lipinski definition) is 2. The summed E-state index contributed by atoms with van der Waals surface area (Å²) in [5.74, 6) is 0. The zero-order valence-electron chi connectivity index (χ0n) is 5.31. The van der Waals surface area contributed by atoms with Gasteiger partial charge < -0.3 is 15.7 Å². The van der Waals surface area contributed by atoms with Crippen LogP contribution in [0.2, 0.25) is 0 Å². The smallest absolute Gasteiger partial charge is 0.0504 e. The van der Waals surface area contributed by atoms with Crippen LogP contribution in [0.5, 0.6) is 0 Å². The molecule has 52 valence electrons. The Hall–Kier alpha value is -0.120. The molecular formula is C5H14O3. The third-order valence-corrected chi connectivity index (χ3v) is 0.856. The Labute approximate surface area is 49.3 Å². The third-order valence-electron chi connectivity index (χ3n) is 0.856. The molecule has 0 aliphatic heterocycles. The molecule has 0 amide bonds. The Morgan fingerprint density at radius 1 is 1.12 bits per heavy atom. The standard InChI is InChI=1S/C5H12O2.H2O/c1-5(2,3-6)4-7;/h6-7H,3-4H2,1-2H3;1H2. The summed E-state index contributed by atoms with van der Waals surface area (Å²) >= 11 is 0. The second kappa shape index (κ2) is 3.83. The summed E-state index contributed by atoms with van der Waals surface area (Å²) in [4.78, 5) is 0. The first-order chi connectivity index (χ1) is 3.12. The van der Waals surface area contributed by atoms with Gasteiger partial charge in [-0.3, -0.25) is 0 Å². The summed E-state index contributed by atoms with van der Waals surface area (Å²) < 4.78 is 0. The Morgan fingerprint density at radius 3 is 1.38 bits per heavy atom. The molecule has 0 heterocycles. The lowest BCUT2D eigenvalue weighted by atomic mass is 9.97. The van der Waals surface area contributed by atoms with E-state index in [1.165, 1.54) is 0 Å². The predicted molar refractivity (Wildman–Crippen MR) is 31.6 cm³/mol. The van der Waals surface area contributed by atoms with Gasteiger partial charge >= 0.3 is 0 Å². The summed E-state index contributed by atoms with van der Waals surface area (Å²) in [5.41, 5.74) is -0.306. The molecule has 0 fully saturated rings. The van der Waals surface area contributed by atoms with Crippen molar-refractivity contribution in [2.75, 3.05) is 13.2 Å². The Balaban J connectivity index is 0. The Morgan fingerprint density at radius 2 is 1.38 bits per heavy atom. The Bertz CT molecular complexity index is 45.6. The molecule has 0 rings (SSSR count).